The molecule has 0 unspecified atom stereocenters. The summed E-state index contributed by atoms with van der Waals surface area (Å²) in [6.07, 6.45) is 3.64. The van der Waals surface area contributed by atoms with E-state index in [2.05, 4.69) is 88.8 Å². The van der Waals surface area contributed by atoms with E-state index in [-0.39, 0.29) is 0 Å². The number of hydrogen-bond acceptors (Lipinski definition) is 4. The molecule has 41 heavy (non-hydrogen) atoms. The third-order valence-electron chi connectivity index (χ3n) is 7.81. The fourth-order valence-electron chi connectivity index (χ4n) is 5.73. The molecular formula is C37H21N3O. The van der Waals surface area contributed by atoms with Gasteiger partial charge >= 0.3 is 0 Å². The third-order valence-corrected chi connectivity index (χ3v) is 7.81. The largest absolute Gasteiger partial charge is 0.456 e. The lowest BCUT2D eigenvalue weighted by molar-refractivity contribution is 0.669. The minimum absolute atomic E-state index is 0.654. The Morgan fingerprint density at radius 3 is 1.73 bits per heavy atom. The first-order chi connectivity index (χ1) is 20.2. The third kappa shape index (κ3) is 3.83. The molecule has 190 valence electrons. The molecule has 0 N–H and O–H groups in total. The number of nitriles is 1. The Morgan fingerprint density at radius 2 is 1.07 bits per heavy atom. The Bertz CT molecular complexity index is 2310. The van der Waals surface area contributed by atoms with Crippen molar-refractivity contribution in [2.45, 2.75) is 0 Å². The van der Waals surface area contributed by atoms with Crippen molar-refractivity contribution < 1.29 is 4.42 Å². The lowest BCUT2D eigenvalue weighted by Crippen LogP contribution is -1.89. The van der Waals surface area contributed by atoms with Gasteiger partial charge in [-0.3, -0.25) is 9.97 Å². The van der Waals surface area contributed by atoms with Crippen LogP contribution >= 0.6 is 0 Å². The first-order valence-corrected chi connectivity index (χ1v) is 13.5. The van der Waals surface area contributed by atoms with E-state index in [1.165, 1.54) is 0 Å². The molecule has 0 saturated carbocycles. The summed E-state index contributed by atoms with van der Waals surface area (Å²) in [7, 11) is 0. The molecule has 0 aliphatic rings. The van der Waals surface area contributed by atoms with Crippen LogP contribution in [-0.4, -0.2) is 9.97 Å². The van der Waals surface area contributed by atoms with Crippen molar-refractivity contribution >= 4 is 43.7 Å². The summed E-state index contributed by atoms with van der Waals surface area (Å²) in [5.74, 6) is 0. The molecule has 3 heterocycles. The van der Waals surface area contributed by atoms with Crippen LogP contribution in [0.2, 0.25) is 0 Å². The molecule has 0 saturated heterocycles. The number of rotatable bonds is 3. The van der Waals surface area contributed by atoms with Crippen LogP contribution in [0.5, 0.6) is 0 Å². The summed E-state index contributed by atoms with van der Waals surface area (Å²) in [6, 6.07) is 41.6. The highest BCUT2D eigenvalue weighted by molar-refractivity contribution is 6.10. The second-order valence-electron chi connectivity index (χ2n) is 10.2. The molecule has 0 amide bonds. The topological polar surface area (TPSA) is 62.7 Å². The lowest BCUT2D eigenvalue weighted by Gasteiger charge is -2.10. The lowest BCUT2D eigenvalue weighted by atomic mass is 9.95. The monoisotopic (exact) mass is 523 g/mol. The number of nitrogens with zero attached hydrogens (tertiary/aromatic N) is 3. The van der Waals surface area contributed by atoms with Gasteiger partial charge in [-0.2, -0.15) is 5.26 Å². The molecule has 0 aliphatic heterocycles. The summed E-state index contributed by atoms with van der Waals surface area (Å²) in [5, 5.41) is 13.5. The molecule has 0 atom stereocenters. The normalized spacial score (nSPS) is 11.4. The highest BCUT2D eigenvalue weighted by Gasteiger charge is 2.13. The number of aromatic nitrogens is 2. The van der Waals surface area contributed by atoms with Crippen LogP contribution in [0, 0.1) is 11.3 Å². The van der Waals surface area contributed by atoms with Gasteiger partial charge in [0.2, 0.25) is 0 Å². The Labute approximate surface area is 235 Å². The highest BCUT2D eigenvalue weighted by Crippen LogP contribution is 2.37. The zero-order chi connectivity index (χ0) is 27.3. The van der Waals surface area contributed by atoms with Gasteiger partial charge in [0.1, 0.15) is 11.2 Å². The van der Waals surface area contributed by atoms with E-state index in [0.717, 1.165) is 77.1 Å². The summed E-state index contributed by atoms with van der Waals surface area (Å²) >= 11 is 0. The summed E-state index contributed by atoms with van der Waals surface area (Å²) in [5.41, 5.74) is 10.9. The molecule has 4 heteroatoms. The van der Waals surface area contributed by atoms with Gasteiger partial charge in [-0.1, -0.05) is 60.7 Å². The van der Waals surface area contributed by atoms with Crippen molar-refractivity contribution in [3.05, 3.63) is 133 Å². The van der Waals surface area contributed by atoms with Gasteiger partial charge in [0, 0.05) is 33.9 Å². The molecule has 0 bridgehead atoms. The number of furan rings is 1. The smallest absolute Gasteiger partial charge is 0.135 e. The van der Waals surface area contributed by atoms with E-state index in [0.29, 0.717) is 5.56 Å². The first kappa shape index (κ1) is 23.1. The predicted molar refractivity (Wildman–Crippen MR) is 165 cm³/mol. The number of pyridine rings is 2. The van der Waals surface area contributed by atoms with Gasteiger partial charge in [0.15, 0.2) is 0 Å². The van der Waals surface area contributed by atoms with Crippen LogP contribution in [0.1, 0.15) is 5.56 Å². The van der Waals surface area contributed by atoms with Crippen LogP contribution in [0.3, 0.4) is 0 Å². The van der Waals surface area contributed by atoms with Gasteiger partial charge in [0.25, 0.3) is 0 Å². The quantitative estimate of drug-likeness (QED) is 0.216. The molecule has 0 aliphatic carbocycles. The van der Waals surface area contributed by atoms with E-state index in [9.17, 15) is 0 Å². The van der Waals surface area contributed by atoms with Crippen molar-refractivity contribution in [3.8, 4) is 39.4 Å². The van der Waals surface area contributed by atoms with Gasteiger partial charge in [-0.15, -0.1) is 0 Å². The first-order valence-electron chi connectivity index (χ1n) is 13.5. The van der Waals surface area contributed by atoms with Crippen molar-refractivity contribution in [2.24, 2.45) is 0 Å². The molecule has 8 aromatic rings. The summed E-state index contributed by atoms with van der Waals surface area (Å²) in [6.45, 7) is 0. The van der Waals surface area contributed by atoms with Crippen LogP contribution in [0.25, 0.3) is 77.1 Å². The van der Waals surface area contributed by atoms with Crippen LogP contribution in [-0.2, 0) is 0 Å². The maximum atomic E-state index is 9.14. The van der Waals surface area contributed by atoms with Crippen LogP contribution < -0.4 is 0 Å². The van der Waals surface area contributed by atoms with Crippen LogP contribution in [0.15, 0.2) is 132 Å². The Morgan fingerprint density at radius 1 is 0.512 bits per heavy atom. The molecule has 0 fully saturated rings. The number of benzene rings is 5. The minimum atomic E-state index is 0.654. The molecule has 8 rings (SSSR count). The summed E-state index contributed by atoms with van der Waals surface area (Å²) in [4.78, 5) is 9.25. The molecule has 0 spiro atoms. The number of fused-ring (bicyclic) bond motifs is 6. The second-order valence-corrected chi connectivity index (χ2v) is 10.2. The number of hydrogen-bond donors (Lipinski definition) is 0. The van der Waals surface area contributed by atoms with E-state index < -0.39 is 0 Å². The minimum Gasteiger partial charge on any atom is -0.456 e. The SMILES string of the molecule is N#Cc1ccc(-c2ccc3oc4ccc(-c5ccc(-c6cc7cccnc7c7ncccc67)cc5)cc4c3c2)cc1. The molecule has 0 radical (unpaired) electrons. The van der Waals surface area contributed by atoms with Crippen molar-refractivity contribution in [1.82, 2.24) is 9.97 Å². The zero-order valence-corrected chi connectivity index (χ0v) is 21.9. The Kier molecular flexibility index (Phi) is 5.16. The van der Waals surface area contributed by atoms with Crippen molar-refractivity contribution in [1.29, 1.82) is 5.26 Å². The Balaban J connectivity index is 1.20. The second kappa shape index (κ2) is 9.15. The fourth-order valence-corrected chi connectivity index (χ4v) is 5.73. The average Bonchev–Trinajstić information content (AvgIpc) is 3.42. The van der Waals surface area contributed by atoms with Gasteiger partial charge < -0.3 is 4.42 Å². The fraction of sp³-hybridized carbons (Fsp3) is 0. The average molecular weight is 524 g/mol. The van der Waals surface area contributed by atoms with E-state index in [1.54, 1.807) is 0 Å². The van der Waals surface area contributed by atoms with Gasteiger partial charge in [-0.05, 0) is 88.0 Å². The van der Waals surface area contributed by atoms with E-state index in [4.69, 9.17) is 9.68 Å². The van der Waals surface area contributed by atoms with Crippen molar-refractivity contribution in [2.75, 3.05) is 0 Å². The van der Waals surface area contributed by atoms with E-state index >= 15 is 0 Å². The Hall–Kier alpha value is -5.79. The molecule has 4 nitrogen and oxygen atoms in total. The molecular weight excluding hydrogens is 502 g/mol. The standard InChI is InChI=1S/C37H21N3O/c38-22-23-5-7-24(8-6-23)27-13-15-34-32(19-27)33-20-28(14-16-35(33)41-34)25-9-11-26(12-10-25)31-21-29-3-1-17-39-36(29)37-30(31)4-2-18-40-37/h1-21H. The highest BCUT2D eigenvalue weighted by atomic mass is 16.3. The van der Waals surface area contributed by atoms with E-state index in [1.807, 2.05) is 54.9 Å². The van der Waals surface area contributed by atoms with Gasteiger partial charge in [-0.25, -0.2) is 0 Å². The maximum absolute atomic E-state index is 9.14. The predicted octanol–water partition coefficient (Wildman–Crippen LogP) is 9.56. The zero-order valence-electron chi connectivity index (χ0n) is 21.9. The maximum Gasteiger partial charge on any atom is 0.135 e. The molecule has 5 aromatic carbocycles. The summed E-state index contributed by atoms with van der Waals surface area (Å²) < 4.78 is 6.17. The van der Waals surface area contributed by atoms with Crippen LogP contribution in [0.4, 0.5) is 0 Å². The van der Waals surface area contributed by atoms with Crippen molar-refractivity contribution in [3.63, 3.8) is 0 Å². The van der Waals surface area contributed by atoms with Gasteiger partial charge in [0.05, 0.1) is 22.7 Å². The molecule has 3 aromatic heterocycles.